The Balaban J connectivity index is 1.92. The van der Waals surface area contributed by atoms with Gasteiger partial charge in [-0.15, -0.1) is 0 Å². The van der Waals surface area contributed by atoms with E-state index in [1.165, 1.54) is 0 Å². The molecule has 0 unspecified atom stereocenters. The highest BCUT2D eigenvalue weighted by Gasteiger charge is 2.01. The number of fused-ring (bicyclic) bond motifs is 1. The number of aromatic amines is 1. The molecule has 0 aliphatic rings. The molecule has 0 radical (unpaired) electrons. The first-order chi connectivity index (χ1) is 8.29. The molecule has 5 nitrogen and oxygen atoms in total. The number of carbonyl (C=O) groups is 1. The van der Waals surface area contributed by atoms with Gasteiger partial charge in [0, 0.05) is 13.1 Å². The fourth-order valence-corrected chi connectivity index (χ4v) is 1.58. The number of amides is 2. The number of carbonyl (C=O) groups excluding carboxylic acids is 1. The molecule has 90 valence electrons. The van der Waals surface area contributed by atoms with Crippen LogP contribution in [0.15, 0.2) is 24.5 Å². The molecule has 0 aliphatic heterocycles. The lowest BCUT2D eigenvalue weighted by Crippen LogP contribution is -2.35. The van der Waals surface area contributed by atoms with E-state index in [1.807, 2.05) is 25.1 Å². The van der Waals surface area contributed by atoms with Crippen LogP contribution in [0.1, 0.15) is 18.9 Å². The zero-order chi connectivity index (χ0) is 12.1. The first kappa shape index (κ1) is 11.4. The maximum Gasteiger partial charge on any atom is 0.315 e. The van der Waals surface area contributed by atoms with E-state index in [-0.39, 0.29) is 6.03 Å². The highest BCUT2D eigenvalue weighted by atomic mass is 16.2. The number of benzene rings is 1. The molecule has 0 bridgehead atoms. The van der Waals surface area contributed by atoms with E-state index in [0.29, 0.717) is 13.1 Å². The second-order valence-electron chi connectivity index (χ2n) is 3.86. The van der Waals surface area contributed by atoms with E-state index in [1.54, 1.807) is 6.33 Å². The minimum Gasteiger partial charge on any atom is -0.345 e. The fraction of sp³-hybridized carbons (Fsp3) is 0.333. The van der Waals surface area contributed by atoms with Crippen LogP contribution in [0.5, 0.6) is 0 Å². The maximum absolute atomic E-state index is 11.3. The molecule has 3 N–H and O–H groups in total. The number of rotatable bonds is 4. The van der Waals surface area contributed by atoms with Crippen LogP contribution in [0.3, 0.4) is 0 Å². The van der Waals surface area contributed by atoms with Crippen LogP contribution in [0, 0.1) is 0 Å². The smallest absolute Gasteiger partial charge is 0.315 e. The molecule has 1 aromatic carbocycles. The number of nitrogens with zero attached hydrogens (tertiary/aromatic N) is 1. The highest BCUT2D eigenvalue weighted by Crippen LogP contribution is 2.11. The second-order valence-corrected chi connectivity index (χ2v) is 3.86. The van der Waals surface area contributed by atoms with Gasteiger partial charge in [0.15, 0.2) is 0 Å². The number of nitrogens with one attached hydrogen (secondary N) is 3. The summed E-state index contributed by atoms with van der Waals surface area (Å²) in [4.78, 5) is 18.5. The quantitative estimate of drug-likeness (QED) is 0.752. The Hall–Kier alpha value is -2.04. The average molecular weight is 232 g/mol. The molecule has 1 heterocycles. The summed E-state index contributed by atoms with van der Waals surface area (Å²) in [7, 11) is 0. The molecule has 0 saturated carbocycles. The standard InChI is InChI=1S/C12H16N4O/c1-2-5-13-12(17)14-7-9-3-4-10-11(6-9)16-8-15-10/h3-4,6,8H,2,5,7H2,1H3,(H,15,16)(H2,13,14,17). The molecule has 2 amide bonds. The summed E-state index contributed by atoms with van der Waals surface area (Å²) in [6, 6.07) is 5.76. The van der Waals surface area contributed by atoms with E-state index in [9.17, 15) is 4.79 Å². The van der Waals surface area contributed by atoms with Gasteiger partial charge in [0.05, 0.1) is 17.4 Å². The van der Waals surface area contributed by atoms with Crippen molar-refractivity contribution >= 4 is 17.1 Å². The monoisotopic (exact) mass is 232 g/mol. The number of urea groups is 1. The Morgan fingerprint density at radius 1 is 1.41 bits per heavy atom. The molecule has 17 heavy (non-hydrogen) atoms. The molecule has 0 fully saturated rings. The molecule has 5 heteroatoms. The van der Waals surface area contributed by atoms with Gasteiger partial charge in [0.25, 0.3) is 0 Å². The lowest BCUT2D eigenvalue weighted by Gasteiger charge is -2.06. The lowest BCUT2D eigenvalue weighted by molar-refractivity contribution is 0.240. The summed E-state index contributed by atoms with van der Waals surface area (Å²) in [6.07, 6.45) is 2.60. The molecule has 0 aliphatic carbocycles. The molecule has 0 saturated heterocycles. The normalized spacial score (nSPS) is 10.4. The van der Waals surface area contributed by atoms with Crippen molar-refractivity contribution in [2.24, 2.45) is 0 Å². The predicted octanol–water partition coefficient (Wildman–Crippen LogP) is 1.77. The maximum atomic E-state index is 11.3. The van der Waals surface area contributed by atoms with Crippen molar-refractivity contribution in [3.05, 3.63) is 30.1 Å². The summed E-state index contributed by atoms with van der Waals surface area (Å²) >= 11 is 0. The Morgan fingerprint density at radius 3 is 3.12 bits per heavy atom. The molecule has 2 rings (SSSR count). The van der Waals surface area contributed by atoms with Gasteiger partial charge in [-0.1, -0.05) is 13.0 Å². The second kappa shape index (κ2) is 5.34. The van der Waals surface area contributed by atoms with Crippen LogP contribution in [0.25, 0.3) is 11.0 Å². The number of hydrogen-bond donors (Lipinski definition) is 3. The Labute approximate surface area is 99.6 Å². The first-order valence-corrected chi connectivity index (χ1v) is 5.73. The van der Waals surface area contributed by atoms with Gasteiger partial charge in [-0.2, -0.15) is 0 Å². The minimum absolute atomic E-state index is 0.128. The fourth-order valence-electron chi connectivity index (χ4n) is 1.58. The van der Waals surface area contributed by atoms with Crippen molar-refractivity contribution < 1.29 is 4.79 Å². The number of aromatic nitrogens is 2. The van der Waals surface area contributed by atoms with Gasteiger partial charge in [-0.05, 0) is 24.1 Å². The summed E-state index contributed by atoms with van der Waals surface area (Å²) in [5, 5.41) is 5.57. The molecule has 0 spiro atoms. The largest absolute Gasteiger partial charge is 0.345 e. The van der Waals surface area contributed by atoms with Crippen molar-refractivity contribution in [1.29, 1.82) is 0 Å². The van der Waals surface area contributed by atoms with Crippen LogP contribution < -0.4 is 10.6 Å². The summed E-state index contributed by atoms with van der Waals surface area (Å²) < 4.78 is 0. The van der Waals surface area contributed by atoms with Gasteiger partial charge in [-0.3, -0.25) is 0 Å². The Bertz CT molecular complexity index is 506. The van der Waals surface area contributed by atoms with Gasteiger partial charge in [-0.25, -0.2) is 9.78 Å². The van der Waals surface area contributed by atoms with Crippen molar-refractivity contribution in [3.8, 4) is 0 Å². The number of H-pyrrole nitrogens is 1. The minimum atomic E-state index is -0.128. The van der Waals surface area contributed by atoms with E-state index < -0.39 is 0 Å². The number of hydrogen-bond acceptors (Lipinski definition) is 2. The van der Waals surface area contributed by atoms with Gasteiger partial charge >= 0.3 is 6.03 Å². The zero-order valence-electron chi connectivity index (χ0n) is 9.79. The first-order valence-electron chi connectivity index (χ1n) is 5.73. The Morgan fingerprint density at radius 2 is 2.29 bits per heavy atom. The van der Waals surface area contributed by atoms with E-state index >= 15 is 0 Å². The lowest BCUT2D eigenvalue weighted by atomic mass is 10.2. The molecule has 1 aromatic heterocycles. The topological polar surface area (TPSA) is 69.8 Å². The molecule has 0 atom stereocenters. The summed E-state index contributed by atoms with van der Waals surface area (Å²) in [6.45, 7) is 3.24. The van der Waals surface area contributed by atoms with Crippen molar-refractivity contribution in [1.82, 2.24) is 20.6 Å². The van der Waals surface area contributed by atoms with Crippen LogP contribution >= 0.6 is 0 Å². The van der Waals surface area contributed by atoms with E-state index in [2.05, 4.69) is 20.6 Å². The van der Waals surface area contributed by atoms with Crippen molar-refractivity contribution in [3.63, 3.8) is 0 Å². The molecular formula is C12H16N4O. The molecule has 2 aromatic rings. The predicted molar refractivity (Wildman–Crippen MR) is 66.6 cm³/mol. The van der Waals surface area contributed by atoms with E-state index in [4.69, 9.17) is 0 Å². The van der Waals surface area contributed by atoms with Crippen LogP contribution in [-0.2, 0) is 6.54 Å². The van der Waals surface area contributed by atoms with Crippen molar-refractivity contribution in [2.75, 3.05) is 6.54 Å². The van der Waals surface area contributed by atoms with Gasteiger partial charge in [0.1, 0.15) is 0 Å². The summed E-state index contributed by atoms with van der Waals surface area (Å²) in [5.74, 6) is 0. The SMILES string of the molecule is CCCNC(=O)NCc1ccc2nc[nH]c2c1. The number of imidazole rings is 1. The van der Waals surface area contributed by atoms with Gasteiger partial charge in [0.2, 0.25) is 0 Å². The van der Waals surface area contributed by atoms with Crippen LogP contribution in [-0.4, -0.2) is 22.5 Å². The van der Waals surface area contributed by atoms with Crippen LogP contribution in [0.2, 0.25) is 0 Å². The molecular weight excluding hydrogens is 216 g/mol. The van der Waals surface area contributed by atoms with Crippen molar-refractivity contribution in [2.45, 2.75) is 19.9 Å². The third kappa shape index (κ3) is 2.96. The third-order valence-electron chi connectivity index (χ3n) is 2.47. The van der Waals surface area contributed by atoms with E-state index in [0.717, 1.165) is 23.0 Å². The Kier molecular flexibility index (Phi) is 3.59. The van der Waals surface area contributed by atoms with Crippen LogP contribution in [0.4, 0.5) is 4.79 Å². The van der Waals surface area contributed by atoms with Gasteiger partial charge < -0.3 is 15.6 Å². The average Bonchev–Trinajstić information content (AvgIpc) is 2.81. The zero-order valence-corrected chi connectivity index (χ0v) is 9.79. The summed E-state index contributed by atoms with van der Waals surface area (Å²) in [5.41, 5.74) is 2.97. The highest BCUT2D eigenvalue weighted by molar-refractivity contribution is 5.76. The third-order valence-corrected chi connectivity index (χ3v) is 2.47.